The van der Waals surface area contributed by atoms with Crippen molar-refractivity contribution >= 4 is 51.1 Å². The summed E-state index contributed by atoms with van der Waals surface area (Å²) in [4.78, 5) is 10.1. The highest BCUT2D eigenvalue weighted by atomic mass is 127. The first-order chi connectivity index (χ1) is 11.2. The van der Waals surface area contributed by atoms with Crippen LogP contribution in [0.3, 0.4) is 0 Å². The Hall–Kier alpha value is -0.420. The van der Waals surface area contributed by atoms with Crippen molar-refractivity contribution in [2.75, 3.05) is 18.6 Å². The molecule has 0 amide bonds. The zero-order valence-electron chi connectivity index (χ0n) is 15.7. The van der Waals surface area contributed by atoms with Gasteiger partial charge in [-0.2, -0.15) is 0 Å². The molecule has 0 aliphatic rings. The van der Waals surface area contributed by atoms with Crippen molar-refractivity contribution in [1.29, 1.82) is 0 Å². The Morgan fingerprint density at radius 3 is 2.60 bits per heavy atom. The first kappa shape index (κ1) is 24.6. The summed E-state index contributed by atoms with van der Waals surface area (Å²) < 4.78 is 22.5. The SMILES string of the molecule is CCNC(=NCc1cnc(CC(C)C)s1)NC(C)CCS(C)(=O)=O.I. The summed E-state index contributed by atoms with van der Waals surface area (Å²) in [5, 5.41) is 7.60. The predicted molar refractivity (Wildman–Crippen MR) is 118 cm³/mol. The first-order valence-corrected chi connectivity index (χ1v) is 11.2. The maximum atomic E-state index is 11.3. The van der Waals surface area contributed by atoms with Crippen molar-refractivity contribution in [3.05, 3.63) is 16.1 Å². The van der Waals surface area contributed by atoms with Crippen LogP contribution in [0.4, 0.5) is 0 Å². The van der Waals surface area contributed by atoms with E-state index in [-0.39, 0.29) is 35.8 Å². The van der Waals surface area contributed by atoms with Gasteiger partial charge in [-0.05, 0) is 26.2 Å². The van der Waals surface area contributed by atoms with Gasteiger partial charge in [0.1, 0.15) is 9.84 Å². The van der Waals surface area contributed by atoms with Gasteiger partial charge in [0.05, 0.1) is 17.3 Å². The van der Waals surface area contributed by atoms with Crippen LogP contribution >= 0.6 is 35.3 Å². The van der Waals surface area contributed by atoms with Gasteiger partial charge in [-0.15, -0.1) is 35.3 Å². The van der Waals surface area contributed by atoms with Gasteiger partial charge in [-0.25, -0.2) is 18.4 Å². The Labute approximate surface area is 173 Å². The van der Waals surface area contributed by atoms with Crippen LogP contribution in [0.25, 0.3) is 0 Å². The molecule has 0 aromatic carbocycles. The first-order valence-electron chi connectivity index (χ1n) is 8.35. The molecule has 0 aliphatic heterocycles. The fraction of sp³-hybridized carbons (Fsp3) is 0.750. The third kappa shape index (κ3) is 11.7. The Bertz CT molecular complexity index is 630. The van der Waals surface area contributed by atoms with Gasteiger partial charge in [0, 0.05) is 36.3 Å². The van der Waals surface area contributed by atoms with Crippen molar-refractivity contribution < 1.29 is 8.42 Å². The van der Waals surface area contributed by atoms with Crippen LogP contribution in [0.15, 0.2) is 11.2 Å². The summed E-state index contributed by atoms with van der Waals surface area (Å²) >= 11 is 1.70. The molecule has 1 atom stereocenters. The molecule has 1 unspecified atom stereocenters. The van der Waals surface area contributed by atoms with Crippen molar-refractivity contribution in [3.63, 3.8) is 0 Å². The predicted octanol–water partition coefficient (Wildman–Crippen LogP) is 2.84. The second-order valence-electron chi connectivity index (χ2n) is 6.48. The van der Waals surface area contributed by atoms with Gasteiger partial charge >= 0.3 is 0 Å². The molecule has 0 saturated heterocycles. The summed E-state index contributed by atoms with van der Waals surface area (Å²) in [6, 6.07) is 0.0375. The van der Waals surface area contributed by atoms with E-state index in [4.69, 9.17) is 0 Å². The molecule has 0 saturated carbocycles. The smallest absolute Gasteiger partial charge is 0.191 e. The number of rotatable bonds is 9. The molecule has 0 radical (unpaired) electrons. The summed E-state index contributed by atoms with van der Waals surface area (Å²) in [5.41, 5.74) is 0. The van der Waals surface area contributed by atoms with Crippen LogP contribution in [0.1, 0.15) is 44.0 Å². The van der Waals surface area contributed by atoms with Crippen molar-refractivity contribution in [1.82, 2.24) is 15.6 Å². The molecule has 0 spiro atoms. The van der Waals surface area contributed by atoms with Gasteiger partial charge < -0.3 is 10.6 Å². The number of aliphatic imine (C=N–C) groups is 1. The molecule has 2 N–H and O–H groups in total. The normalized spacial score (nSPS) is 13.4. The molecule has 1 heterocycles. The van der Waals surface area contributed by atoms with E-state index >= 15 is 0 Å². The van der Waals surface area contributed by atoms with E-state index in [1.54, 1.807) is 11.3 Å². The standard InChI is InChI=1S/C16H30N4O2S2.HI/c1-6-17-16(20-13(4)7-8-24(5,21)22)19-11-14-10-18-15(23-14)9-12(2)3;/h10,12-13H,6-9,11H2,1-5H3,(H2,17,19,20);1H. The molecule has 25 heavy (non-hydrogen) atoms. The van der Waals surface area contributed by atoms with Gasteiger partial charge in [0.15, 0.2) is 5.96 Å². The molecule has 0 fully saturated rings. The fourth-order valence-corrected chi connectivity index (χ4v) is 3.88. The Morgan fingerprint density at radius 2 is 2.04 bits per heavy atom. The highest BCUT2D eigenvalue weighted by Gasteiger charge is 2.10. The number of halogens is 1. The number of sulfone groups is 1. The minimum absolute atomic E-state index is 0. The van der Waals surface area contributed by atoms with Crippen LogP contribution in [0.5, 0.6) is 0 Å². The Kier molecular flexibility index (Phi) is 11.9. The second-order valence-corrected chi connectivity index (χ2v) is 9.94. The maximum Gasteiger partial charge on any atom is 0.191 e. The Morgan fingerprint density at radius 1 is 1.36 bits per heavy atom. The lowest BCUT2D eigenvalue weighted by Crippen LogP contribution is -2.42. The number of guanidine groups is 1. The van der Waals surface area contributed by atoms with Crippen LogP contribution < -0.4 is 10.6 Å². The monoisotopic (exact) mass is 502 g/mol. The topological polar surface area (TPSA) is 83.4 Å². The van der Waals surface area contributed by atoms with Gasteiger partial charge in [-0.3, -0.25) is 0 Å². The van der Waals surface area contributed by atoms with Crippen LogP contribution in [0, 0.1) is 5.92 Å². The summed E-state index contributed by atoms with van der Waals surface area (Å²) in [6.07, 6.45) is 4.71. The number of hydrogen-bond acceptors (Lipinski definition) is 5. The molecule has 6 nitrogen and oxygen atoms in total. The quantitative estimate of drug-likeness (QED) is 0.308. The fourth-order valence-electron chi connectivity index (χ4n) is 2.04. The van der Waals surface area contributed by atoms with Gasteiger partial charge in [0.2, 0.25) is 0 Å². The number of hydrogen-bond donors (Lipinski definition) is 2. The van der Waals surface area contributed by atoms with Gasteiger partial charge in [0.25, 0.3) is 0 Å². The minimum Gasteiger partial charge on any atom is -0.357 e. The summed E-state index contributed by atoms with van der Waals surface area (Å²) in [7, 11) is -2.94. The van der Waals surface area contributed by atoms with Crippen molar-refractivity contribution in [2.45, 2.75) is 53.1 Å². The van der Waals surface area contributed by atoms with E-state index in [9.17, 15) is 8.42 Å². The van der Waals surface area contributed by atoms with E-state index in [1.807, 2.05) is 20.0 Å². The van der Waals surface area contributed by atoms with Crippen molar-refractivity contribution in [2.24, 2.45) is 10.9 Å². The zero-order valence-corrected chi connectivity index (χ0v) is 19.7. The summed E-state index contributed by atoms with van der Waals surface area (Å²) in [6.45, 7) is 9.67. The van der Waals surface area contributed by atoms with E-state index < -0.39 is 9.84 Å². The molecule has 1 aromatic rings. The Balaban J connectivity index is 0.00000576. The average Bonchev–Trinajstić information content (AvgIpc) is 2.89. The maximum absolute atomic E-state index is 11.3. The lowest BCUT2D eigenvalue weighted by molar-refractivity contribution is 0.581. The molecule has 146 valence electrons. The van der Waals surface area contributed by atoms with E-state index in [2.05, 4.69) is 34.5 Å². The third-order valence-electron chi connectivity index (χ3n) is 3.23. The molecule has 1 aromatic heterocycles. The van der Waals surface area contributed by atoms with E-state index in [0.717, 1.165) is 22.9 Å². The van der Waals surface area contributed by atoms with Crippen LogP contribution in [-0.4, -0.2) is 44.0 Å². The summed E-state index contributed by atoms with van der Waals surface area (Å²) in [5.74, 6) is 1.48. The molecule has 1 rings (SSSR count). The number of nitrogens with zero attached hydrogens (tertiary/aromatic N) is 2. The number of nitrogens with one attached hydrogen (secondary N) is 2. The molecular formula is C16H31IN4O2S2. The third-order valence-corrected chi connectivity index (χ3v) is 5.21. The number of thiazole rings is 1. The highest BCUT2D eigenvalue weighted by Crippen LogP contribution is 2.17. The zero-order chi connectivity index (χ0) is 18.2. The average molecular weight is 502 g/mol. The van der Waals surface area contributed by atoms with E-state index in [1.165, 1.54) is 6.26 Å². The second kappa shape index (κ2) is 12.1. The molecule has 0 aliphatic carbocycles. The number of aromatic nitrogens is 1. The highest BCUT2D eigenvalue weighted by molar-refractivity contribution is 14.0. The largest absolute Gasteiger partial charge is 0.357 e. The minimum atomic E-state index is -2.94. The molecule has 9 heteroatoms. The molecular weight excluding hydrogens is 471 g/mol. The van der Waals surface area contributed by atoms with Gasteiger partial charge in [-0.1, -0.05) is 13.8 Å². The molecule has 0 bridgehead atoms. The van der Waals surface area contributed by atoms with E-state index in [0.29, 0.717) is 24.8 Å². The lowest BCUT2D eigenvalue weighted by Gasteiger charge is -2.17. The van der Waals surface area contributed by atoms with Crippen LogP contribution in [-0.2, 0) is 22.8 Å². The van der Waals surface area contributed by atoms with Crippen LogP contribution in [0.2, 0.25) is 0 Å². The lowest BCUT2D eigenvalue weighted by atomic mass is 10.1. The van der Waals surface area contributed by atoms with Crippen molar-refractivity contribution in [3.8, 4) is 0 Å².